The van der Waals surface area contributed by atoms with Crippen molar-refractivity contribution in [3.05, 3.63) is 53.2 Å². The molecule has 0 aliphatic carbocycles. The molecule has 3 unspecified atom stereocenters. The molecule has 0 saturated carbocycles. The van der Waals surface area contributed by atoms with Crippen LogP contribution in [0.15, 0.2) is 36.5 Å². The maximum Gasteiger partial charge on any atom is 0.251 e. The molecule has 1 aliphatic heterocycles. The maximum absolute atomic E-state index is 12.4. The minimum absolute atomic E-state index is 0.0172. The van der Waals surface area contributed by atoms with E-state index in [0.29, 0.717) is 5.56 Å². The first kappa shape index (κ1) is 20.8. The van der Waals surface area contributed by atoms with E-state index in [1.165, 1.54) is 0 Å². The predicted molar refractivity (Wildman–Crippen MR) is 113 cm³/mol. The number of anilines is 2. The zero-order valence-electron chi connectivity index (χ0n) is 17.3. The summed E-state index contributed by atoms with van der Waals surface area (Å²) in [5, 5.41) is 15.2. The van der Waals surface area contributed by atoms with Crippen LogP contribution in [0.5, 0.6) is 0 Å². The van der Waals surface area contributed by atoms with Gasteiger partial charge in [0.05, 0.1) is 12.6 Å². The Morgan fingerprint density at radius 3 is 2.62 bits per heavy atom. The van der Waals surface area contributed by atoms with Crippen molar-refractivity contribution < 1.29 is 14.7 Å². The molecule has 0 saturated heterocycles. The number of fused-ring (bicyclic) bond motifs is 1. The molecule has 29 heavy (non-hydrogen) atoms. The van der Waals surface area contributed by atoms with Gasteiger partial charge in [-0.1, -0.05) is 6.92 Å². The molecule has 3 rings (SSSR count). The van der Waals surface area contributed by atoms with Crippen molar-refractivity contribution in [3.63, 3.8) is 0 Å². The Labute approximate surface area is 171 Å². The van der Waals surface area contributed by atoms with Crippen LogP contribution >= 0.6 is 0 Å². The number of hydrogen-bond donors (Lipinski definition) is 3. The van der Waals surface area contributed by atoms with Crippen LogP contribution in [0.25, 0.3) is 0 Å². The number of rotatable bonds is 5. The second kappa shape index (κ2) is 8.61. The number of pyridine rings is 1. The Morgan fingerprint density at radius 1 is 1.21 bits per heavy atom. The molecule has 1 aromatic carbocycles. The molecule has 2 heterocycles. The second-order valence-electron chi connectivity index (χ2n) is 7.58. The van der Waals surface area contributed by atoms with Gasteiger partial charge in [-0.3, -0.25) is 9.59 Å². The molecule has 0 spiro atoms. The van der Waals surface area contributed by atoms with Gasteiger partial charge in [0.2, 0.25) is 5.91 Å². The number of aromatic nitrogens is 1. The topological polar surface area (TPSA) is 94.6 Å². The van der Waals surface area contributed by atoms with Crippen LogP contribution in [-0.2, 0) is 4.79 Å². The Bertz CT molecular complexity index is 915. The first-order valence-electron chi connectivity index (χ1n) is 9.85. The number of aryl methyl sites for hydroxylation is 1. The molecule has 0 bridgehead atoms. The number of aliphatic hydroxyl groups excluding tert-OH is 1. The highest BCUT2D eigenvalue weighted by molar-refractivity contribution is 5.98. The van der Waals surface area contributed by atoms with E-state index in [1.807, 2.05) is 38.1 Å². The van der Waals surface area contributed by atoms with Gasteiger partial charge in [-0.25, -0.2) is 4.98 Å². The van der Waals surface area contributed by atoms with Crippen molar-refractivity contribution in [2.75, 3.05) is 23.4 Å². The third-order valence-electron chi connectivity index (χ3n) is 5.53. The van der Waals surface area contributed by atoms with Crippen LogP contribution in [0.1, 0.15) is 48.3 Å². The van der Waals surface area contributed by atoms with Crippen molar-refractivity contribution >= 4 is 23.3 Å². The number of carbonyl (C=O) groups is 2. The summed E-state index contributed by atoms with van der Waals surface area (Å²) in [6, 6.07) is 9.15. The Balaban J connectivity index is 2.05. The molecule has 3 N–H and O–H groups in total. The van der Waals surface area contributed by atoms with Gasteiger partial charge >= 0.3 is 0 Å². The van der Waals surface area contributed by atoms with Crippen molar-refractivity contribution in [1.82, 2.24) is 10.3 Å². The second-order valence-corrected chi connectivity index (χ2v) is 7.58. The zero-order chi connectivity index (χ0) is 21.1. The Kier molecular flexibility index (Phi) is 6.17. The number of amides is 2. The third kappa shape index (κ3) is 4.24. The normalized spacial score (nSPS) is 20.7. The average Bonchev–Trinajstić information content (AvgIpc) is 2.69. The molecule has 2 aromatic rings. The average molecular weight is 396 g/mol. The molecule has 0 radical (unpaired) electrons. The monoisotopic (exact) mass is 396 g/mol. The van der Waals surface area contributed by atoms with Crippen LogP contribution in [0.2, 0.25) is 0 Å². The highest BCUT2D eigenvalue weighted by Crippen LogP contribution is 2.42. The van der Waals surface area contributed by atoms with Gasteiger partial charge < -0.3 is 20.6 Å². The summed E-state index contributed by atoms with van der Waals surface area (Å²) in [4.78, 5) is 31.0. The van der Waals surface area contributed by atoms with Gasteiger partial charge in [0.15, 0.2) is 0 Å². The van der Waals surface area contributed by atoms with Crippen molar-refractivity contribution in [1.29, 1.82) is 0 Å². The van der Waals surface area contributed by atoms with E-state index in [-0.39, 0.29) is 43.0 Å². The zero-order valence-corrected chi connectivity index (χ0v) is 17.3. The van der Waals surface area contributed by atoms with Crippen LogP contribution < -0.4 is 15.5 Å². The molecule has 7 heteroatoms. The predicted octanol–water partition coefficient (Wildman–Crippen LogP) is 2.66. The maximum atomic E-state index is 12.4. The standard InChI is InChI=1S/C22H28N4O3/c1-13-7-8-23-20(11-13)25-21-14(2)15(3)26(16(4)28)19-6-5-17(12-18(19)21)22(29)24-9-10-27/h5-8,11-12,14-15,21,27H,9-10H2,1-4H3,(H,23,25)(H,24,29). The number of aliphatic hydroxyl groups is 1. The molecule has 154 valence electrons. The van der Waals surface area contributed by atoms with E-state index in [0.717, 1.165) is 22.6 Å². The van der Waals surface area contributed by atoms with Crippen molar-refractivity contribution in [2.45, 2.75) is 39.8 Å². The summed E-state index contributed by atoms with van der Waals surface area (Å²) >= 11 is 0. The quantitative estimate of drug-likeness (QED) is 0.722. The minimum atomic E-state index is -0.255. The molecular weight excluding hydrogens is 368 g/mol. The number of benzene rings is 1. The van der Waals surface area contributed by atoms with Gasteiger partial charge in [0.1, 0.15) is 5.82 Å². The SMILES string of the molecule is CC(=O)N1c2ccc(C(=O)NCCO)cc2C(Nc2cc(C)ccn2)C(C)C1C. The third-order valence-corrected chi connectivity index (χ3v) is 5.53. The number of nitrogens with one attached hydrogen (secondary N) is 2. The first-order valence-corrected chi connectivity index (χ1v) is 9.85. The summed E-state index contributed by atoms with van der Waals surface area (Å²) in [6.07, 6.45) is 1.76. The fourth-order valence-corrected chi connectivity index (χ4v) is 3.89. The van der Waals surface area contributed by atoms with E-state index in [1.54, 1.807) is 24.1 Å². The smallest absolute Gasteiger partial charge is 0.251 e. The van der Waals surface area contributed by atoms with Crippen LogP contribution in [0.3, 0.4) is 0 Å². The summed E-state index contributed by atoms with van der Waals surface area (Å²) in [5.41, 5.74) is 3.27. The van der Waals surface area contributed by atoms with Crippen molar-refractivity contribution in [3.8, 4) is 0 Å². The molecule has 0 fully saturated rings. The summed E-state index contributed by atoms with van der Waals surface area (Å²) in [5.74, 6) is 0.556. The molecule has 3 atom stereocenters. The van der Waals surface area contributed by atoms with Crippen LogP contribution in [0.4, 0.5) is 11.5 Å². The lowest BCUT2D eigenvalue weighted by atomic mass is 9.82. The van der Waals surface area contributed by atoms with E-state index < -0.39 is 0 Å². The van der Waals surface area contributed by atoms with E-state index >= 15 is 0 Å². The highest BCUT2D eigenvalue weighted by Gasteiger charge is 2.38. The molecule has 1 aliphatic rings. The highest BCUT2D eigenvalue weighted by atomic mass is 16.3. The molecule has 7 nitrogen and oxygen atoms in total. The van der Waals surface area contributed by atoms with E-state index in [2.05, 4.69) is 22.5 Å². The van der Waals surface area contributed by atoms with E-state index in [4.69, 9.17) is 5.11 Å². The van der Waals surface area contributed by atoms with Crippen LogP contribution in [0, 0.1) is 12.8 Å². The van der Waals surface area contributed by atoms with Crippen molar-refractivity contribution in [2.24, 2.45) is 5.92 Å². The fraction of sp³-hybridized carbons (Fsp3) is 0.409. The largest absolute Gasteiger partial charge is 0.395 e. The lowest BCUT2D eigenvalue weighted by molar-refractivity contribution is -0.117. The molecular formula is C22H28N4O3. The van der Waals surface area contributed by atoms with Crippen LogP contribution in [-0.4, -0.2) is 41.1 Å². The van der Waals surface area contributed by atoms with Gasteiger partial charge in [-0.2, -0.15) is 0 Å². The first-order chi connectivity index (χ1) is 13.8. The van der Waals surface area contributed by atoms with Gasteiger partial charge in [-0.15, -0.1) is 0 Å². The summed E-state index contributed by atoms with van der Waals surface area (Å²) < 4.78 is 0. The van der Waals surface area contributed by atoms with Gasteiger partial charge in [-0.05, 0) is 55.3 Å². The van der Waals surface area contributed by atoms with Gasteiger partial charge in [0.25, 0.3) is 5.91 Å². The fourth-order valence-electron chi connectivity index (χ4n) is 3.89. The Morgan fingerprint density at radius 2 is 1.97 bits per heavy atom. The lowest BCUT2D eigenvalue weighted by Gasteiger charge is -2.44. The van der Waals surface area contributed by atoms with E-state index in [9.17, 15) is 9.59 Å². The van der Waals surface area contributed by atoms with Gasteiger partial charge in [0, 0.05) is 42.9 Å². The molecule has 1 aromatic heterocycles. The number of hydrogen-bond acceptors (Lipinski definition) is 5. The Hall–Kier alpha value is -2.93. The summed E-state index contributed by atoms with van der Waals surface area (Å²) in [6.45, 7) is 7.77. The lowest BCUT2D eigenvalue weighted by Crippen LogP contribution is -2.48. The minimum Gasteiger partial charge on any atom is -0.395 e. The number of nitrogens with zero attached hydrogens (tertiary/aromatic N) is 2. The summed E-state index contributed by atoms with van der Waals surface area (Å²) in [7, 11) is 0. The number of carbonyl (C=O) groups excluding carboxylic acids is 2. The molecule has 2 amide bonds.